The summed E-state index contributed by atoms with van der Waals surface area (Å²) in [4.78, 5) is 9.70. The van der Waals surface area contributed by atoms with Crippen molar-refractivity contribution in [1.29, 1.82) is 0 Å². The molecule has 3 heterocycles. The SMILES string of the molecule is [2H]c1c([2H])c([2H])c2c(c1[2H])c1ccc(Oc3cccc(N4CN(c5c(-c6ccc7c(c6)C(C)(C)CCC7(C)C)cccc5-c5ccc(C(C)(C)C)cc5C(C)(C)C)c5ccccc54)c3)cc1n2-c1cc(C(C)(C)C)ccn1. The highest BCUT2D eigenvalue weighted by molar-refractivity contribution is 6.09. The van der Waals surface area contributed by atoms with Crippen LogP contribution >= 0.6 is 0 Å². The molecule has 5 heteroatoms. The van der Waals surface area contributed by atoms with Gasteiger partial charge in [0, 0.05) is 45.9 Å². The van der Waals surface area contributed by atoms with E-state index in [0.717, 1.165) is 35.5 Å². The van der Waals surface area contributed by atoms with Crippen LogP contribution in [-0.4, -0.2) is 16.2 Å². The zero-order valence-electron chi connectivity index (χ0n) is 49.1. The Morgan fingerprint density at radius 3 is 1.95 bits per heavy atom. The molecule has 0 N–H and O–H groups in total. The molecule has 1 aliphatic heterocycles. The molecule has 73 heavy (non-hydrogen) atoms. The lowest BCUT2D eigenvalue weighted by Crippen LogP contribution is -2.33. The van der Waals surface area contributed by atoms with Gasteiger partial charge in [0.1, 0.15) is 24.0 Å². The van der Waals surface area contributed by atoms with Gasteiger partial charge in [0.05, 0.1) is 33.6 Å². The fourth-order valence-corrected chi connectivity index (χ4v) is 11.4. The maximum Gasteiger partial charge on any atom is 0.137 e. The Morgan fingerprint density at radius 2 is 1.21 bits per heavy atom. The van der Waals surface area contributed by atoms with Crippen molar-refractivity contribution in [3.63, 3.8) is 0 Å². The summed E-state index contributed by atoms with van der Waals surface area (Å²) in [5.74, 6) is 1.78. The molecular formula is C68H72N4O. The monoisotopic (exact) mass is 965 g/mol. The van der Waals surface area contributed by atoms with Gasteiger partial charge < -0.3 is 14.5 Å². The fourth-order valence-electron chi connectivity index (χ4n) is 11.4. The lowest BCUT2D eigenvalue weighted by molar-refractivity contribution is 0.332. The number of anilines is 4. The number of nitrogens with zero attached hydrogens (tertiary/aromatic N) is 4. The minimum atomic E-state index is -0.287. The fraction of sp³-hybridized carbons (Fsp3) is 0.309. The van der Waals surface area contributed by atoms with Gasteiger partial charge in [-0.3, -0.25) is 4.57 Å². The molecule has 0 spiro atoms. The van der Waals surface area contributed by atoms with Crippen LogP contribution in [0.15, 0.2) is 164 Å². The van der Waals surface area contributed by atoms with E-state index < -0.39 is 0 Å². The molecule has 9 aromatic rings. The first-order valence-corrected chi connectivity index (χ1v) is 26.1. The Labute approximate surface area is 440 Å². The van der Waals surface area contributed by atoms with Crippen LogP contribution in [0.25, 0.3) is 49.9 Å². The number of ether oxygens (including phenoxy) is 1. The van der Waals surface area contributed by atoms with Crippen LogP contribution in [0.2, 0.25) is 0 Å². The largest absolute Gasteiger partial charge is 0.457 e. The number of aromatic nitrogens is 2. The van der Waals surface area contributed by atoms with E-state index in [4.69, 9.17) is 15.2 Å². The van der Waals surface area contributed by atoms with Crippen molar-refractivity contribution in [1.82, 2.24) is 9.55 Å². The number of benzene rings is 7. The Hall–Kier alpha value is -7.11. The molecule has 2 aromatic heterocycles. The van der Waals surface area contributed by atoms with Crippen molar-refractivity contribution in [2.45, 2.75) is 130 Å². The van der Waals surface area contributed by atoms with Gasteiger partial charge in [0.2, 0.25) is 0 Å². The number of rotatable bonds is 7. The normalized spacial score (nSPS) is 16.2. The summed E-state index contributed by atoms with van der Waals surface area (Å²) >= 11 is 0. The predicted octanol–water partition coefficient (Wildman–Crippen LogP) is 18.8. The van der Waals surface area contributed by atoms with Crippen LogP contribution in [0.3, 0.4) is 0 Å². The Morgan fingerprint density at radius 1 is 0.534 bits per heavy atom. The molecule has 0 saturated heterocycles. The second-order valence-electron chi connectivity index (χ2n) is 25.0. The van der Waals surface area contributed by atoms with Gasteiger partial charge in [-0.15, -0.1) is 0 Å². The van der Waals surface area contributed by atoms with Crippen molar-refractivity contribution in [2.75, 3.05) is 16.5 Å². The maximum atomic E-state index is 9.14. The zero-order chi connectivity index (χ0) is 54.9. The molecule has 0 atom stereocenters. The van der Waals surface area contributed by atoms with E-state index in [-0.39, 0.29) is 51.2 Å². The average molecular weight is 965 g/mol. The Kier molecular flexibility index (Phi) is 10.3. The summed E-state index contributed by atoms with van der Waals surface area (Å²) in [6.45, 7) is 30.5. The molecule has 0 saturated carbocycles. The van der Waals surface area contributed by atoms with Gasteiger partial charge in [-0.1, -0.05) is 181 Å². The zero-order valence-corrected chi connectivity index (χ0v) is 45.1. The predicted molar refractivity (Wildman–Crippen MR) is 309 cm³/mol. The lowest BCUT2D eigenvalue weighted by atomic mass is 9.63. The van der Waals surface area contributed by atoms with E-state index in [1.165, 1.54) is 50.2 Å². The summed E-state index contributed by atoms with van der Waals surface area (Å²) in [6.07, 6.45) is 4.07. The summed E-state index contributed by atoms with van der Waals surface area (Å²) in [7, 11) is 0. The summed E-state index contributed by atoms with van der Waals surface area (Å²) < 4.78 is 44.2. The number of hydrogen-bond donors (Lipinski definition) is 0. The third kappa shape index (κ3) is 8.59. The van der Waals surface area contributed by atoms with Crippen molar-refractivity contribution in [3.8, 4) is 39.6 Å². The van der Waals surface area contributed by atoms with Crippen LogP contribution in [0.4, 0.5) is 22.7 Å². The van der Waals surface area contributed by atoms with Gasteiger partial charge in [0.25, 0.3) is 0 Å². The van der Waals surface area contributed by atoms with E-state index >= 15 is 0 Å². The van der Waals surface area contributed by atoms with Crippen molar-refractivity contribution < 1.29 is 10.2 Å². The molecule has 11 rings (SSSR count). The number of fused-ring (bicyclic) bond motifs is 5. The molecule has 5 nitrogen and oxygen atoms in total. The molecule has 0 unspecified atom stereocenters. The van der Waals surface area contributed by atoms with E-state index in [9.17, 15) is 0 Å². The van der Waals surface area contributed by atoms with Crippen LogP contribution in [-0.2, 0) is 27.1 Å². The van der Waals surface area contributed by atoms with Gasteiger partial charge in [-0.05, 0) is 133 Å². The number of hydrogen-bond acceptors (Lipinski definition) is 4. The van der Waals surface area contributed by atoms with Crippen LogP contribution in [0.1, 0.15) is 136 Å². The molecule has 2 aliphatic rings. The highest BCUT2D eigenvalue weighted by Crippen LogP contribution is 2.53. The molecule has 370 valence electrons. The smallest absolute Gasteiger partial charge is 0.137 e. The molecular weight excluding hydrogens is 889 g/mol. The Bertz CT molecular complexity index is 3850. The average Bonchev–Trinajstić information content (AvgIpc) is 4.18. The van der Waals surface area contributed by atoms with Crippen LogP contribution < -0.4 is 14.5 Å². The first-order valence-electron chi connectivity index (χ1n) is 28.1. The van der Waals surface area contributed by atoms with E-state index in [1.54, 1.807) is 6.20 Å². The summed E-state index contributed by atoms with van der Waals surface area (Å²) in [5.41, 5.74) is 16.6. The second-order valence-corrected chi connectivity index (χ2v) is 25.0. The van der Waals surface area contributed by atoms with Gasteiger partial charge in [-0.2, -0.15) is 0 Å². The lowest BCUT2D eigenvalue weighted by Gasteiger charge is -2.42. The molecule has 0 radical (unpaired) electrons. The standard InChI is InChI=1S/C68H72N4O/c1-64(2,3)45-29-31-51(56(39-45)66(7,8)9)54-24-19-23-50(44-28-33-55-57(38-44)68(12,13)36-35-67(55,10)11)63(54)71-43-70(59-26-16-17-27-60(59)71)47-20-18-21-48(41-47)73-49-30-32-53-52-22-14-15-25-58(52)72(61(53)42-49)62-40-46(34-37-69-62)65(4,5)6/h14-34,37-42H,35-36,43H2,1-13H3/i14D,15D,22D,25D. The molecule has 7 aromatic carbocycles. The molecule has 0 amide bonds. The first-order chi connectivity index (χ1) is 36.2. The number of para-hydroxylation sites is 4. The molecule has 0 bridgehead atoms. The summed E-state index contributed by atoms with van der Waals surface area (Å²) in [5, 5.41) is 1.13. The van der Waals surface area contributed by atoms with E-state index in [2.05, 4.69) is 191 Å². The third-order valence-electron chi connectivity index (χ3n) is 15.8. The topological polar surface area (TPSA) is 33.5 Å². The van der Waals surface area contributed by atoms with Crippen molar-refractivity contribution in [3.05, 3.63) is 192 Å². The van der Waals surface area contributed by atoms with Gasteiger partial charge in [0.15, 0.2) is 0 Å². The minimum Gasteiger partial charge on any atom is -0.457 e. The maximum absolute atomic E-state index is 9.14. The van der Waals surface area contributed by atoms with Crippen molar-refractivity contribution in [2.24, 2.45) is 0 Å². The molecule has 0 fully saturated rings. The summed E-state index contributed by atoms with van der Waals surface area (Å²) in [6, 6.07) is 47.3. The van der Waals surface area contributed by atoms with Gasteiger partial charge >= 0.3 is 0 Å². The minimum absolute atomic E-state index is 0.0130. The van der Waals surface area contributed by atoms with Crippen LogP contribution in [0.5, 0.6) is 11.5 Å². The van der Waals surface area contributed by atoms with E-state index in [0.29, 0.717) is 45.8 Å². The highest BCUT2D eigenvalue weighted by Gasteiger charge is 2.38. The van der Waals surface area contributed by atoms with Gasteiger partial charge in [-0.25, -0.2) is 4.98 Å². The van der Waals surface area contributed by atoms with Crippen LogP contribution in [0, 0.1) is 0 Å². The Balaban J connectivity index is 1.04. The quantitative estimate of drug-likeness (QED) is 0.159. The number of pyridine rings is 1. The third-order valence-corrected chi connectivity index (χ3v) is 15.8. The van der Waals surface area contributed by atoms with Crippen molar-refractivity contribution >= 4 is 44.6 Å². The first kappa shape index (κ1) is 43.5. The second kappa shape index (κ2) is 17.3. The van der Waals surface area contributed by atoms with E-state index in [1.807, 2.05) is 47.0 Å². The molecule has 1 aliphatic carbocycles. The highest BCUT2D eigenvalue weighted by atomic mass is 16.5.